The predicted molar refractivity (Wildman–Crippen MR) is 203 cm³/mol. The number of carboxylic acids is 1. The molecule has 1 aliphatic rings. The lowest BCUT2D eigenvalue weighted by Crippen LogP contribution is -2.70. The second kappa shape index (κ2) is 13.1. The zero-order valence-electron chi connectivity index (χ0n) is 29.9. The molecule has 0 saturated heterocycles. The van der Waals surface area contributed by atoms with Crippen molar-refractivity contribution in [3.8, 4) is 0 Å². The second-order valence-electron chi connectivity index (χ2n) is 15.3. The lowest BCUT2D eigenvalue weighted by atomic mass is 9.79. The van der Waals surface area contributed by atoms with Gasteiger partial charge < -0.3 is 14.0 Å². The molecule has 0 heterocycles. The molecule has 4 aromatic rings. The molecule has 0 fully saturated rings. The summed E-state index contributed by atoms with van der Waals surface area (Å²) in [5, 5.41) is 14.7. The number of benzene rings is 4. The Kier molecular flexibility index (Phi) is 9.68. The number of carboxylic acid groups (broad SMARTS) is 1. The first kappa shape index (κ1) is 35.3. The van der Waals surface area contributed by atoms with Gasteiger partial charge in [0.1, 0.15) is 5.76 Å². The molecule has 0 amide bonds. The third-order valence-corrected chi connectivity index (χ3v) is 20.2. The molecule has 48 heavy (non-hydrogen) atoms. The Hall–Kier alpha value is -3.98. The van der Waals surface area contributed by atoms with Gasteiger partial charge in [0.2, 0.25) is 0 Å². The van der Waals surface area contributed by atoms with Crippen molar-refractivity contribution in [2.75, 3.05) is 0 Å². The lowest BCUT2D eigenvalue weighted by Gasteiger charge is -2.52. The fourth-order valence-corrected chi connectivity index (χ4v) is 17.0. The molecule has 0 spiro atoms. The van der Waals surface area contributed by atoms with E-state index in [1.54, 1.807) is 0 Å². The van der Waals surface area contributed by atoms with Crippen molar-refractivity contribution in [3.63, 3.8) is 0 Å². The van der Waals surface area contributed by atoms with Gasteiger partial charge in [-0.05, 0) is 56.3 Å². The first-order valence-corrected chi connectivity index (χ1v) is 20.7. The fourth-order valence-electron chi connectivity index (χ4n) is 7.62. The molecule has 0 bridgehead atoms. The fraction of sp³-hybridized carbons (Fsp3) is 0.310. The van der Waals surface area contributed by atoms with Crippen molar-refractivity contribution in [1.82, 2.24) is 0 Å². The van der Waals surface area contributed by atoms with Gasteiger partial charge in [-0.3, -0.25) is 0 Å². The highest BCUT2D eigenvalue weighted by molar-refractivity contribution is 7.00. The molecule has 0 aliphatic heterocycles. The largest absolute Gasteiger partial charge is 0.536 e. The quantitative estimate of drug-likeness (QED) is 0.184. The van der Waals surface area contributed by atoms with Gasteiger partial charge in [-0.15, -0.1) is 0 Å². The topological polar surface area (TPSA) is 55.8 Å². The molecule has 0 saturated carbocycles. The highest BCUT2D eigenvalue weighted by Gasteiger charge is 2.58. The number of rotatable bonds is 9. The monoisotopic (exact) mass is 674 g/mol. The van der Waals surface area contributed by atoms with E-state index in [1.807, 2.05) is 61.5 Å². The van der Waals surface area contributed by atoms with Crippen LogP contribution in [0.3, 0.4) is 0 Å². The van der Waals surface area contributed by atoms with E-state index in [0.29, 0.717) is 11.3 Å². The first-order chi connectivity index (χ1) is 22.6. The molecule has 6 heteroatoms. The van der Waals surface area contributed by atoms with Gasteiger partial charge in [0.05, 0.1) is 11.2 Å². The van der Waals surface area contributed by atoms with Gasteiger partial charge in [0.15, 0.2) is 0 Å². The van der Waals surface area contributed by atoms with Crippen LogP contribution in [0.15, 0.2) is 144 Å². The van der Waals surface area contributed by atoms with Crippen molar-refractivity contribution >= 4 is 43.4 Å². The van der Waals surface area contributed by atoms with Gasteiger partial charge in [-0.2, -0.15) is 0 Å². The maximum absolute atomic E-state index is 13.2. The lowest BCUT2D eigenvalue weighted by molar-refractivity contribution is -0.132. The first-order valence-electron chi connectivity index (χ1n) is 16.9. The van der Waals surface area contributed by atoms with Crippen molar-refractivity contribution < 1.29 is 18.8 Å². The van der Waals surface area contributed by atoms with Crippen molar-refractivity contribution in [2.45, 2.75) is 78.0 Å². The maximum atomic E-state index is 13.2. The Bertz CT molecular complexity index is 1710. The van der Waals surface area contributed by atoms with Crippen molar-refractivity contribution in [3.05, 3.63) is 144 Å². The molecule has 4 aromatic carbocycles. The molecule has 1 N–H and O–H groups in total. The average Bonchev–Trinajstić information content (AvgIpc) is 3.05. The molecule has 5 rings (SSSR count). The summed E-state index contributed by atoms with van der Waals surface area (Å²) in [6.45, 7) is 19.5. The average molecular weight is 675 g/mol. The molecule has 2 unspecified atom stereocenters. The van der Waals surface area contributed by atoms with Crippen LogP contribution in [-0.4, -0.2) is 33.3 Å². The van der Waals surface area contributed by atoms with Gasteiger partial charge >= 0.3 is 14.3 Å². The highest BCUT2D eigenvalue weighted by atomic mass is 28.4. The molecule has 2 atom stereocenters. The minimum atomic E-state index is -3.17. The summed E-state index contributed by atoms with van der Waals surface area (Å²) >= 11 is 0. The SMILES string of the molecule is CC1=CC(C)(O[Si](c2ccccc2)(c2ccccc2)C(C)(C)C)C(C)C(O[Si](c2ccccc2)(c2ccccc2)C(C)(C)C)=C1C(=O)O. The summed E-state index contributed by atoms with van der Waals surface area (Å²) in [7, 11) is -6.22. The smallest absolute Gasteiger partial charge is 0.339 e. The second-order valence-corrected chi connectivity index (χ2v) is 23.8. The molecular formula is C42H50O4Si2. The summed E-state index contributed by atoms with van der Waals surface area (Å²) in [6, 6.07) is 42.0. The van der Waals surface area contributed by atoms with Gasteiger partial charge in [0, 0.05) is 5.92 Å². The number of hydrogen-bond donors (Lipinski definition) is 1. The minimum absolute atomic E-state index is 0.221. The van der Waals surface area contributed by atoms with Crippen molar-refractivity contribution in [1.29, 1.82) is 0 Å². The molecule has 1 aliphatic carbocycles. The van der Waals surface area contributed by atoms with E-state index in [0.717, 1.165) is 10.4 Å². The number of carbonyl (C=O) groups is 1. The van der Waals surface area contributed by atoms with Crippen LogP contribution >= 0.6 is 0 Å². The van der Waals surface area contributed by atoms with Crippen LogP contribution in [0.1, 0.15) is 62.3 Å². The van der Waals surface area contributed by atoms with Gasteiger partial charge in [0.25, 0.3) is 8.32 Å². The minimum Gasteiger partial charge on any atom is -0.536 e. The van der Waals surface area contributed by atoms with E-state index in [9.17, 15) is 9.90 Å². The van der Waals surface area contributed by atoms with E-state index in [2.05, 4.69) is 128 Å². The van der Waals surface area contributed by atoms with Crippen LogP contribution in [0, 0.1) is 5.92 Å². The summed E-state index contributed by atoms with van der Waals surface area (Å²) in [5.41, 5.74) is -0.0254. The van der Waals surface area contributed by atoms with Crippen LogP contribution in [0.25, 0.3) is 0 Å². The van der Waals surface area contributed by atoms with Crippen LogP contribution in [0.5, 0.6) is 0 Å². The third-order valence-electron chi connectivity index (χ3n) is 10.1. The van der Waals surface area contributed by atoms with E-state index in [4.69, 9.17) is 8.85 Å². The third kappa shape index (κ3) is 6.06. The van der Waals surface area contributed by atoms with Crippen LogP contribution in [-0.2, 0) is 13.6 Å². The molecular weight excluding hydrogens is 625 g/mol. The number of aliphatic carboxylic acids is 1. The van der Waals surface area contributed by atoms with Gasteiger partial charge in [-0.1, -0.05) is 170 Å². The molecule has 0 aromatic heterocycles. The summed E-state index contributed by atoms with van der Waals surface area (Å²) in [4.78, 5) is 13.2. The van der Waals surface area contributed by atoms with Gasteiger partial charge in [-0.25, -0.2) is 4.79 Å². The zero-order valence-corrected chi connectivity index (χ0v) is 31.9. The van der Waals surface area contributed by atoms with Crippen molar-refractivity contribution in [2.24, 2.45) is 5.92 Å². The van der Waals surface area contributed by atoms with Crippen LogP contribution in [0.4, 0.5) is 0 Å². The van der Waals surface area contributed by atoms with Crippen LogP contribution < -0.4 is 20.7 Å². The Morgan fingerprint density at radius 2 is 0.979 bits per heavy atom. The normalized spacial score (nSPS) is 19.1. The van der Waals surface area contributed by atoms with Crippen LogP contribution in [0.2, 0.25) is 10.1 Å². The zero-order chi connectivity index (χ0) is 35.0. The highest BCUT2D eigenvalue weighted by Crippen LogP contribution is 2.48. The van der Waals surface area contributed by atoms with E-state index >= 15 is 0 Å². The Morgan fingerprint density at radius 1 is 0.646 bits per heavy atom. The summed E-state index contributed by atoms with van der Waals surface area (Å²) in [5.74, 6) is -0.927. The molecule has 250 valence electrons. The molecule has 4 nitrogen and oxygen atoms in total. The maximum Gasteiger partial charge on any atom is 0.339 e. The number of hydrogen-bond acceptors (Lipinski definition) is 3. The predicted octanol–water partition coefficient (Wildman–Crippen LogP) is 7.83. The van der Waals surface area contributed by atoms with E-state index in [-0.39, 0.29) is 15.6 Å². The summed E-state index contributed by atoms with van der Waals surface area (Å²) in [6.07, 6.45) is 2.04. The molecule has 0 radical (unpaired) electrons. The van der Waals surface area contributed by atoms with E-state index in [1.165, 1.54) is 10.4 Å². The Morgan fingerprint density at radius 3 is 1.29 bits per heavy atom. The summed E-state index contributed by atoms with van der Waals surface area (Å²) < 4.78 is 15.4. The Labute approximate surface area is 289 Å². The standard InChI is InChI=1S/C42H50O4Si2/c1-31-30-42(9,46-48(41(6,7)8,35-26-18-12-19-27-35)36-28-20-13-21-29-36)32(2)38(37(31)39(43)44)45-47(40(3,4)5,33-22-14-10-15-23-33)34-24-16-11-17-25-34/h10-30,32H,1-9H3,(H,43,44). The van der Waals surface area contributed by atoms with E-state index < -0.39 is 34.1 Å². The Balaban J connectivity index is 1.77.